The number of carbonyl (C=O) groups is 1. The lowest BCUT2D eigenvalue weighted by Gasteiger charge is -2.19. The van der Waals surface area contributed by atoms with E-state index in [4.69, 9.17) is 5.11 Å². The molecule has 0 unspecified atom stereocenters. The summed E-state index contributed by atoms with van der Waals surface area (Å²) < 4.78 is 0. The fourth-order valence-electron chi connectivity index (χ4n) is 1.87. The number of nitrogens with one attached hydrogen (secondary N) is 1. The summed E-state index contributed by atoms with van der Waals surface area (Å²) in [5, 5.41) is 11.9. The molecule has 21 heavy (non-hydrogen) atoms. The minimum atomic E-state index is -1.07. The summed E-state index contributed by atoms with van der Waals surface area (Å²) in [6.07, 6.45) is 3.62. The minimum absolute atomic E-state index is 0.0515. The van der Waals surface area contributed by atoms with Crippen LogP contribution in [-0.2, 0) is 0 Å². The molecule has 1 aromatic heterocycles. The molecule has 2 N–H and O–H groups in total. The Morgan fingerprint density at radius 3 is 2.62 bits per heavy atom. The van der Waals surface area contributed by atoms with Crippen LogP contribution < -0.4 is 10.2 Å². The van der Waals surface area contributed by atoms with Crippen molar-refractivity contribution in [3.63, 3.8) is 0 Å². The molecule has 0 saturated heterocycles. The van der Waals surface area contributed by atoms with Gasteiger partial charge in [0.05, 0.1) is 12.4 Å². The third-order valence-electron chi connectivity index (χ3n) is 3.04. The van der Waals surface area contributed by atoms with E-state index in [0.717, 1.165) is 19.5 Å². The molecule has 1 heterocycles. The lowest BCUT2D eigenvalue weighted by Crippen LogP contribution is -2.20. The van der Waals surface area contributed by atoms with E-state index >= 15 is 0 Å². The van der Waals surface area contributed by atoms with E-state index in [1.807, 2.05) is 18.2 Å². The molecule has 2 rings (SSSR count). The second-order valence-electron chi connectivity index (χ2n) is 4.63. The zero-order valence-electron chi connectivity index (χ0n) is 11.9. The summed E-state index contributed by atoms with van der Waals surface area (Å²) in [4.78, 5) is 20.6. The van der Waals surface area contributed by atoms with Crippen LogP contribution in [0.3, 0.4) is 0 Å². The zero-order chi connectivity index (χ0) is 15.1. The molecular weight excluding hydrogens is 268 g/mol. The lowest BCUT2D eigenvalue weighted by molar-refractivity contribution is 0.0690. The third kappa shape index (κ3) is 4.45. The Morgan fingerprint density at radius 1 is 1.24 bits per heavy atom. The first kappa shape index (κ1) is 14.8. The van der Waals surface area contributed by atoms with Crippen molar-refractivity contribution in [2.24, 2.45) is 0 Å². The molecule has 0 spiro atoms. The molecule has 1 aromatic carbocycles. The molecule has 110 valence electrons. The Bertz CT molecular complexity index is 572. The van der Waals surface area contributed by atoms with E-state index in [-0.39, 0.29) is 5.69 Å². The van der Waals surface area contributed by atoms with Gasteiger partial charge < -0.3 is 15.3 Å². The summed E-state index contributed by atoms with van der Waals surface area (Å²) in [5.41, 5.74) is 1.13. The highest BCUT2D eigenvalue weighted by Gasteiger charge is 2.04. The average Bonchev–Trinajstić information content (AvgIpc) is 2.52. The number of aromatic nitrogens is 2. The molecule has 2 aromatic rings. The Hall–Kier alpha value is -2.63. The number of carboxylic acid groups (broad SMARTS) is 1. The van der Waals surface area contributed by atoms with Crippen LogP contribution >= 0.6 is 0 Å². The van der Waals surface area contributed by atoms with Gasteiger partial charge in [-0.2, -0.15) is 0 Å². The van der Waals surface area contributed by atoms with Crippen molar-refractivity contribution in [1.82, 2.24) is 9.97 Å². The maximum absolute atomic E-state index is 10.7. The summed E-state index contributed by atoms with van der Waals surface area (Å²) in [7, 11) is 2.05. The molecule has 6 heteroatoms. The highest BCUT2D eigenvalue weighted by atomic mass is 16.4. The van der Waals surface area contributed by atoms with Gasteiger partial charge in [0.15, 0.2) is 5.69 Å². The van der Waals surface area contributed by atoms with E-state index in [0.29, 0.717) is 5.82 Å². The Morgan fingerprint density at radius 2 is 2.00 bits per heavy atom. The molecule has 0 bridgehead atoms. The van der Waals surface area contributed by atoms with Crippen LogP contribution in [0.2, 0.25) is 0 Å². The van der Waals surface area contributed by atoms with Crippen LogP contribution in [0.5, 0.6) is 0 Å². The first-order valence-corrected chi connectivity index (χ1v) is 6.72. The van der Waals surface area contributed by atoms with Gasteiger partial charge in [0.2, 0.25) is 0 Å². The molecule has 0 amide bonds. The number of carboxylic acids is 1. The fraction of sp³-hybridized carbons (Fsp3) is 0.267. The maximum atomic E-state index is 10.7. The second-order valence-corrected chi connectivity index (χ2v) is 4.63. The molecule has 0 fully saturated rings. The van der Waals surface area contributed by atoms with E-state index in [1.54, 1.807) is 0 Å². The van der Waals surface area contributed by atoms with Crippen molar-refractivity contribution >= 4 is 17.5 Å². The molecule has 0 aliphatic rings. The second kappa shape index (κ2) is 7.23. The summed E-state index contributed by atoms with van der Waals surface area (Å²) in [6.45, 7) is 1.66. The van der Waals surface area contributed by atoms with Crippen molar-refractivity contribution in [1.29, 1.82) is 0 Å². The Kier molecular flexibility index (Phi) is 5.09. The van der Waals surface area contributed by atoms with E-state index < -0.39 is 5.97 Å². The largest absolute Gasteiger partial charge is 0.476 e. The van der Waals surface area contributed by atoms with Crippen molar-refractivity contribution in [3.8, 4) is 0 Å². The minimum Gasteiger partial charge on any atom is -0.476 e. The van der Waals surface area contributed by atoms with Crippen LogP contribution in [-0.4, -0.2) is 41.2 Å². The maximum Gasteiger partial charge on any atom is 0.356 e. The van der Waals surface area contributed by atoms with E-state index in [9.17, 15) is 4.79 Å². The molecule has 0 aliphatic carbocycles. The molecule has 0 aliphatic heterocycles. The van der Waals surface area contributed by atoms with E-state index in [1.165, 1.54) is 18.1 Å². The van der Waals surface area contributed by atoms with Gasteiger partial charge in [0, 0.05) is 25.8 Å². The number of anilines is 2. The van der Waals surface area contributed by atoms with Crippen molar-refractivity contribution in [3.05, 3.63) is 48.4 Å². The molecule has 0 atom stereocenters. The van der Waals surface area contributed by atoms with Crippen LogP contribution in [0.25, 0.3) is 0 Å². The number of nitrogens with zero attached hydrogens (tertiary/aromatic N) is 3. The number of para-hydroxylation sites is 1. The van der Waals surface area contributed by atoms with Crippen LogP contribution in [0.4, 0.5) is 11.5 Å². The van der Waals surface area contributed by atoms with Gasteiger partial charge >= 0.3 is 5.97 Å². The summed E-state index contributed by atoms with van der Waals surface area (Å²) in [6, 6.07) is 10.2. The first-order valence-electron chi connectivity index (χ1n) is 6.72. The average molecular weight is 286 g/mol. The number of hydrogen-bond acceptors (Lipinski definition) is 5. The molecule has 0 radical (unpaired) electrons. The van der Waals surface area contributed by atoms with Gasteiger partial charge in [0.1, 0.15) is 5.82 Å². The number of hydrogen-bond donors (Lipinski definition) is 2. The number of rotatable bonds is 7. The zero-order valence-corrected chi connectivity index (χ0v) is 11.9. The molecule has 0 saturated carbocycles. The van der Waals surface area contributed by atoms with Crippen LogP contribution in [0.15, 0.2) is 42.7 Å². The first-order chi connectivity index (χ1) is 10.2. The monoisotopic (exact) mass is 286 g/mol. The number of benzene rings is 1. The topological polar surface area (TPSA) is 78.4 Å². The molecular formula is C15H18N4O2. The molecule has 6 nitrogen and oxygen atoms in total. The van der Waals surface area contributed by atoms with Gasteiger partial charge in [-0.3, -0.25) is 0 Å². The van der Waals surface area contributed by atoms with Gasteiger partial charge in [-0.25, -0.2) is 14.8 Å². The normalized spacial score (nSPS) is 10.1. The predicted octanol–water partition coefficient (Wildman–Crippen LogP) is 2.11. The Labute approximate surface area is 123 Å². The highest BCUT2D eigenvalue weighted by molar-refractivity contribution is 5.84. The van der Waals surface area contributed by atoms with Crippen molar-refractivity contribution in [2.45, 2.75) is 6.42 Å². The predicted molar refractivity (Wildman–Crippen MR) is 81.8 cm³/mol. The van der Waals surface area contributed by atoms with Crippen molar-refractivity contribution < 1.29 is 9.90 Å². The van der Waals surface area contributed by atoms with Crippen molar-refractivity contribution in [2.75, 3.05) is 30.4 Å². The summed E-state index contributed by atoms with van der Waals surface area (Å²) >= 11 is 0. The summed E-state index contributed by atoms with van der Waals surface area (Å²) in [5.74, 6) is -0.485. The van der Waals surface area contributed by atoms with Crippen LogP contribution in [0.1, 0.15) is 16.9 Å². The van der Waals surface area contributed by atoms with Crippen LogP contribution in [0, 0.1) is 0 Å². The van der Waals surface area contributed by atoms with E-state index in [2.05, 4.69) is 39.4 Å². The Balaban J connectivity index is 1.73. The quantitative estimate of drug-likeness (QED) is 0.759. The standard InChI is InChI=1S/C15H18N4O2/c1-19(12-6-3-2-4-7-12)9-5-8-16-14-11-17-13(10-18-14)15(20)21/h2-4,6-7,10-11H,5,8-9H2,1H3,(H,16,18)(H,20,21). The number of aromatic carboxylic acids is 1. The van der Waals surface area contributed by atoms with Gasteiger partial charge in [-0.15, -0.1) is 0 Å². The fourth-order valence-corrected chi connectivity index (χ4v) is 1.87. The smallest absolute Gasteiger partial charge is 0.356 e. The lowest BCUT2D eigenvalue weighted by atomic mass is 10.3. The van der Waals surface area contributed by atoms with Gasteiger partial charge in [-0.05, 0) is 18.6 Å². The SMILES string of the molecule is CN(CCCNc1cnc(C(=O)O)cn1)c1ccccc1. The third-order valence-corrected chi connectivity index (χ3v) is 3.04. The van der Waals surface area contributed by atoms with Gasteiger partial charge in [0.25, 0.3) is 0 Å². The van der Waals surface area contributed by atoms with Gasteiger partial charge in [-0.1, -0.05) is 18.2 Å². The highest BCUT2D eigenvalue weighted by Crippen LogP contribution is 2.11.